The van der Waals surface area contributed by atoms with Gasteiger partial charge in [0, 0.05) is 24.8 Å². The summed E-state index contributed by atoms with van der Waals surface area (Å²) in [5, 5.41) is 5.35. The van der Waals surface area contributed by atoms with Crippen molar-refractivity contribution in [3.8, 4) is 0 Å². The van der Waals surface area contributed by atoms with E-state index in [0.29, 0.717) is 24.6 Å². The maximum atomic E-state index is 11.3. The number of aryl methyl sites for hydroxylation is 1. The number of aromatic nitrogens is 2. The Bertz CT molecular complexity index is 449. The molecule has 0 bridgehead atoms. The highest BCUT2D eigenvalue weighted by molar-refractivity contribution is 5.85. The molecule has 1 aromatic rings. The molecule has 1 heterocycles. The van der Waals surface area contributed by atoms with Crippen LogP contribution in [0.1, 0.15) is 16.3 Å². The van der Waals surface area contributed by atoms with Crippen molar-refractivity contribution in [1.82, 2.24) is 15.3 Å². The minimum Gasteiger partial charge on any atom is -0.463 e. The van der Waals surface area contributed by atoms with Crippen molar-refractivity contribution in [2.24, 2.45) is 5.73 Å². The molecule has 0 saturated carbocycles. The number of urea groups is 1. The van der Waals surface area contributed by atoms with Gasteiger partial charge in [-0.05, 0) is 6.92 Å². The number of primary amides is 1. The first-order valence-electron chi connectivity index (χ1n) is 5.24. The second-order valence-electron chi connectivity index (χ2n) is 3.43. The van der Waals surface area contributed by atoms with Gasteiger partial charge in [-0.2, -0.15) is 0 Å². The van der Waals surface area contributed by atoms with E-state index in [0.717, 1.165) is 0 Å². The SMILES string of the molecule is COC(=O)c1nc(C)cc(NCCNC(N)=O)n1. The molecule has 1 rings (SSSR count). The molecule has 0 radical (unpaired) electrons. The lowest BCUT2D eigenvalue weighted by molar-refractivity contribution is 0.0586. The van der Waals surface area contributed by atoms with Crippen molar-refractivity contribution in [1.29, 1.82) is 0 Å². The van der Waals surface area contributed by atoms with Gasteiger partial charge in [0.1, 0.15) is 5.82 Å². The summed E-state index contributed by atoms with van der Waals surface area (Å²) in [6.45, 7) is 2.52. The third-order valence-electron chi connectivity index (χ3n) is 1.95. The third kappa shape index (κ3) is 4.24. The molecule has 2 amide bonds. The molecule has 8 nitrogen and oxygen atoms in total. The van der Waals surface area contributed by atoms with Crippen LogP contribution in [-0.4, -0.2) is 42.2 Å². The van der Waals surface area contributed by atoms with Crippen LogP contribution in [-0.2, 0) is 4.74 Å². The molecule has 0 unspecified atom stereocenters. The van der Waals surface area contributed by atoms with Crippen molar-refractivity contribution in [2.45, 2.75) is 6.92 Å². The molecule has 1 aromatic heterocycles. The van der Waals surface area contributed by atoms with Gasteiger partial charge in [-0.3, -0.25) is 0 Å². The zero-order valence-electron chi connectivity index (χ0n) is 10.2. The summed E-state index contributed by atoms with van der Waals surface area (Å²) in [5.41, 5.74) is 5.55. The number of methoxy groups -OCH3 is 1. The minimum atomic E-state index is -0.600. The van der Waals surface area contributed by atoms with Crippen molar-refractivity contribution in [3.63, 3.8) is 0 Å². The number of hydrogen-bond donors (Lipinski definition) is 3. The number of amides is 2. The van der Waals surface area contributed by atoms with Crippen molar-refractivity contribution in [2.75, 3.05) is 25.5 Å². The Balaban J connectivity index is 2.63. The summed E-state index contributed by atoms with van der Waals surface area (Å²) < 4.78 is 4.54. The zero-order valence-corrected chi connectivity index (χ0v) is 10.2. The summed E-state index contributed by atoms with van der Waals surface area (Å²) >= 11 is 0. The van der Waals surface area contributed by atoms with Crippen LogP contribution in [0.25, 0.3) is 0 Å². The number of rotatable bonds is 5. The normalized spacial score (nSPS) is 9.67. The molecule has 0 fully saturated rings. The fourth-order valence-electron chi connectivity index (χ4n) is 1.22. The van der Waals surface area contributed by atoms with Gasteiger partial charge in [-0.1, -0.05) is 0 Å². The number of ether oxygens (including phenoxy) is 1. The van der Waals surface area contributed by atoms with Crippen molar-refractivity contribution >= 4 is 17.8 Å². The Labute approximate surface area is 104 Å². The van der Waals surface area contributed by atoms with Crippen LogP contribution in [0.3, 0.4) is 0 Å². The lowest BCUT2D eigenvalue weighted by Crippen LogP contribution is -2.33. The Morgan fingerprint density at radius 2 is 2.11 bits per heavy atom. The Kier molecular flexibility index (Phi) is 4.85. The molecule has 0 aliphatic carbocycles. The molecule has 98 valence electrons. The summed E-state index contributed by atoms with van der Waals surface area (Å²) in [5.74, 6) is -0.131. The third-order valence-corrected chi connectivity index (χ3v) is 1.95. The van der Waals surface area contributed by atoms with Crippen LogP contribution in [0.15, 0.2) is 6.07 Å². The summed E-state index contributed by atoms with van der Waals surface area (Å²) in [6.07, 6.45) is 0. The van der Waals surface area contributed by atoms with E-state index in [4.69, 9.17) is 5.73 Å². The number of carbonyl (C=O) groups is 2. The Hall–Kier alpha value is -2.38. The second kappa shape index (κ2) is 6.38. The predicted molar refractivity (Wildman–Crippen MR) is 64.2 cm³/mol. The van der Waals surface area contributed by atoms with Crippen LogP contribution in [0.4, 0.5) is 10.6 Å². The Morgan fingerprint density at radius 1 is 1.39 bits per heavy atom. The van der Waals surface area contributed by atoms with Crippen LogP contribution >= 0.6 is 0 Å². The zero-order chi connectivity index (χ0) is 13.5. The average molecular weight is 253 g/mol. The van der Waals surface area contributed by atoms with Crippen LogP contribution in [0, 0.1) is 6.92 Å². The number of carbonyl (C=O) groups excluding carboxylic acids is 2. The van der Waals surface area contributed by atoms with Crippen LogP contribution in [0.2, 0.25) is 0 Å². The smallest absolute Gasteiger partial charge is 0.376 e. The van der Waals surface area contributed by atoms with E-state index in [1.54, 1.807) is 13.0 Å². The summed E-state index contributed by atoms with van der Waals surface area (Å²) in [7, 11) is 1.26. The molecule has 0 aliphatic heterocycles. The largest absolute Gasteiger partial charge is 0.463 e. The molecule has 0 spiro atoms. The highest BCUT2D eigenvalue weighted by Crippen LogP contribution is 2.06. The topological polar surface area (TPSA) is 119 Å². The molecule has 0 saturated heterocycles. The summed E-state index contributed by atoms with van der Waals surface area (Å²) in [6, 6.07) is 1.09. The lowest BCUT2D eigenvalue weighted by Gasteiger charge is -2.07. The van der Waals surface area contributed by atoms with Crippen molar-refractivity contribution < 1.29 is 14.3 Å². The molecule has 18 heavy (non-hydrogen) atoms. The van der Waals surface area contributed by atoms with E-state index < -0.39 is 12.0 Å². The van der Waals surface area contributed by atoms with E-state index in [1.165, 1.54) is 7.11 Å². The van der Waals surface area contributed by atoms with E-state index in [9.17, 15) is 9.59 Å². The van der Waals surface area contributed by atoms with E-state index >= 15 is 0 Å². The minimum absolute atomic E-state index is 0.0112. The number of anilines is 1. The van der Waals surface area contributed by atoms with Gasteiger partial charge in [0.25, 0.3) is 0 Å². The monoisotopic (exact) mass is 253 g/mol. The van der Waals surface area contributed by atoms with Gasteiger partial charge in [0.15, 0.2) is 0 Å². The quantitative estimate of drug-likeness (QED) is 0.487. The second-order valence-corrected chi connectivity index (χ2v) is 3.43. The molecule has 4 N–H and O–H groups in total. The van der Waals surface area contributed by atoms with E-state index in [1.807, 2.05) is 0 Å². The van der Waals surface area contributed by atoms with Gasteiger partial charge >= 0.3 is 12.0 Å². The maximum Gasteiger partial charge on any atom is 0.376 e. The van der Waals surface area contributed by atoms with Gasteiger partial charge in [-0.25, -0.2) is 19.6 Å². The molecule has 0 aliphatic rings. The number of nitrogens with two attached hydrogens (primary N) is 1. The highest BCUT2D eigenvalue weighted by Gasteiger charge is 2.11. The number of hydrogen-bond acceptors (Lipinski definition) is 6. The van der Waals surface area contributed by atoms with Crippen LogP contribution in [0.5, 0.6) is 0 Å². The Morgan fingerprint density at radius 3 is 2.72 bits per heavy atom. The molecular formula is C10H15N5O3. The molecule has 8 heteroatoms. The highest BCUT2D eigenvalue weighted by atomic mass is 16.5. The molecular weight excluding hydrogens is 238 g/mol. The lowest BCUT2D eigenvalue weighted by atomic mass is 10.4. The fraction of sp³-hybridized carbons (Fsp3) is 0.400. The first-order valence-corrected chi connectivity index (χ1v) is 5.24. The summed E-state index contributed by atoms with van der Waals surface area (Å²) in [4.78, 5) is 29.7. The standard InChI is InChI=1S/C10H15N5O3/c1-6-5-7(12-3-4-13-10(11)17)15-8(14-6)9(16)18-2/h5H,3-4H2,1-2H3,(H3,11,13,17)(H,12,14,15). The maximum absolute atomic E-state index is 11.3. The van der Waals surface area contributed by atoms with Gasteiger partial charge < -0.3 is 21.1 Å². The molecule has 0 aromatic carbocycles. The first kappa shape index (κ1) is 13.7. The average Bonchev–Trinajstić information content (AvgIpc) is 2.32. The first-order chi connectivity index (χ1) is 8.52. The van der Waals surface area contributed by atoms with Crippen molar-refractivity contribution in [3.05, 3.63) is 17.6 Å². The van der Waals surface area contributed by atoms with Gasteiger partial charge in [0.2, 0.25) is 5.82 Å². The van der Waals surface area contributed by atoms with E-state index in [-0.39, 0.29) is 5.82 Å². The number of nitrogens with one attached hydrogen (secondary N) is 2. The number of esters is 1. The van der Waals surface area contributed by atoms with Gasteiger partial charge in [0.05, 0.1) is 7.11 Å². The molecule has 0 atom stereocenters. The fourth-order valence-corrected chi connectivity index (χ4v) is 1.22. The number of nitrogens with zero attached hydrogens (tertiary/aromatic N) is 2. The predicted octanol–water partition coefficient (Wildman–Crippen LogP) is -0.348. The van der Waals surface area contributed by atoms with Gasteiger partial charge in [-0.15, -0.1) is 0 Å². The van der Waals surface area contributed by atoms with E-state index in [2.05, 4.69) is 25.3 Å². The van der Waals surface area contributed by atoms with Crippen LogP contribution < -0.4 is 16.4 Å².